The van der Waals surface area contributed by atoms with Crippen LogP contribution in [0.5, 0.6) is 5.75 Å². The van der Waals surface area contributed by atoms with E-state index in [0.717, 1.165) is 22.1 Å². The van der Waals surface area contributed by atoms with Crippen molar-refractivity contribution in [2.24, 2.45) is 0 Å². The quantitative estimate of drug-likeness (QED) is 0.881. The Morgan fingerprint density at radius 2 is 2.06 bits per heavy atom. The summed E-state index contributed by atoms with van der Waals surface area (Å²) in [5, 5.41) is 11.0. The average molecular weight is 230 g/mol. The molecule has 0 saturated heterocycles. The van der Waals surface area contributed by atoms with Crippen molar-refractivity contribution >= 4 is 16.7 Å². The maximum Gasteiger partial charge on any atom is 0.310 e. The lowest BCUT2D eigenvalue weighted by molar-refractivity contribution is -0.138. The van der Waals surface area contributed by atoms with Gasteiger partial charge in [-0.1, -0.05) is 24.3 Å². The number of hydrogen-bond acceptors (Lipinski definition) is 2. The Morgan fingerprint density at radius 3 is 2.71 bits per heavy atom. The van der Waals surface area contributed by atoms with Crippen LogP contribution in [0.25, 0.3) is 10.8 Å². The van der Waals surface area contributed by atoms with Gasteiger partial charge in [-0.3, -0.25) is 4.79 Å². The molecule has 88 valence electrons. The summed E-state index contributed by atoms with van der Waals surface area (Å²) in [6.45, 7) is 1.70. The molecule has 0 heterocycles. The number of rotatable bonds is 3. The van der Waals surface area contributed by atoms with Gasteiger partial charge in [0.1, 0.15) is 5.75 Å². The molecule has 2 rings (SSSR count). The van der Waals surface area contributed by atoms with Gasteiger partial charge in [-0.05, 0) is 35.4 Å². The van der Waals surface area contributed by atoms with Crippen molar-refractivity contribution in [1.82, 2.24) is 0 Å². The van der Waals surface area contributed by atoms with E-state index >= 15 is 0 Å². The van der Waals surface area contributed by atoms with Crippen LogP contribution in [0.1, 0.15) is 18.4 Å². The van der Waals surface area contributed by atoms with Crippen LogP contribution in [-0.4, -0.2) is 18.2 Å². The molecule has 0 fully saturated rings. The highest BCUT2D eigenvalue weighted by atomic mass is 16.5. The molecular formula is C14H14O3. The molecule has 17 heavy (non-hydrogen) atoms. The fourth-order valence-electron chi connectivity index (χ4n) is 1.92. The highest BCUT2D eigenvalue weighted by Gasteiger charge is 2.16. The van der Waals surface area contributed by atoms with E-state index in [1.165, 1.54) is 0 Å². The number of methoxy groups -OCH3 is 1. The molecule has 1 atom stereocenters. The van der Waals surface area contributed by atoms with E-state index in [-0.39, 0.29) is 0 Å². The molecule has 2 aromatic carbocycles. The number of ether oxygens (including phenoxy) is 1. The fourth-order valence-corrected chi connectivity index (χ4v) is 1.92. The van der Waals surface area contributed by atoms with Gasteiger partial charge in [0.25, 0.3) is 0 Å². The van der Waals surface area contributed by atoms with Crippen LogP contribution in [0.3, 0.4) is 0 Å². The van der Waals surface area contributed by atoms with Gasteiger partial charge in [0.2, 0.25) is 0 Å². The molecule has 0 bridgehead atoms. The van der Waals surface area contributed by atoms with Gasteiger partial charge in [0.15, 0.2) is 0 Å². The normalized spacial score (nSPS) is 12.4. The van der Waals surface area contributed by atoms with Crippen LogP contribution in [0.15, 0.2) is 36.4 Å². The predicted octanol–water partition coefficient (Wildman–Crippen LogP) is 3.04. The van der Waals surface area contributed by atoms with Crippen molar-refractivity contribution in [3.63, 3.8) is 0 Å². The second-order valence-electron chi connectivity index (χ2n) is 3.99. The molecule has 0 aromatic heterocycles. The Labute approximate surface area is 99.6 Å². The van der Waals surface area contributed by atoms with E-state index in [9.17, 15) is 4.79 Å². The third-order valence-corrected chi connectivity index (χ3v) is 2.96. The molecule has 0 amide bonds. The molecule has 0 spiro atoms. The Kier molecular flexibility index (Phi) is 3.00. The summed E-state index contributed by atoms with van der Waals surface area (Å²) in [4.78, 5) is 11.0. The third-order valence-electron chi connectivity index (χ3n) is 2.96. The summed E-state index contributed by atoms with van der Waals surface area (Å²) in [6.07, 6.45) is 0. The first-order valence-electron chi connectivity index (χ1n) is 5.43. The van der Waals surface area contributed by atoms with Gasteiger partial charge < -0.3 is 9.84 Å². The van der Waals surface area contributed by atoms with Crippen molar-refractivity contribution in [2.75, 3.05) is 7.11 Å². The number of carbonyl (C=O) groups is 1. The number of aliphatic carboxylic acids is 1. The largest absolute Gasteiger partial charge is 0.497 e. The lowest BCUT2D eigenvalue weighted by atomic mass is 9.95. The van der Waals surface area contributed by atoms with Crippen LogP contribution in [0.4, 0.5) is 0 Å². The highest BCUT2D eigenvalue weighted by Crippen LogP contribution is 2.28. The van der Waals surface area contributed by atoms with Crippen molar-refractivity contribution < 1.29 is 14.6 Å². The molecule has 1 N–H and O–H groups in total. The zero-order valence-electron chi connectivity index (χ0n) is 9.81. The summed E-state index contributed by atoms with van der Waals surface area (Å²) in [7, 11) is 1.62. The first kappa shape index (κ1) is 11.5. The van der Waals surface area contributed by atoms with Gasteiger partial charge >= 0.3 is 5.97 Å². The molecular weight excluding hydrogens is 216 g/mol. The van der Waals surface area contributed by atoms with E-state index in [0.29, 0.717) is 0 Å². The maximum atomic E-state index is 11.0. The summed E-state index contributed by atoms with van der Waals surface area (Å²) in [5.41, 5.74) is 0.831. The number of carboxylic acids is 1. The van der Waals surface area contributed by atoms with E-state index in [4.69, 9.17) is 9.84 Å². The van der Waals surface area contributed by atoms with Crippen LogP contribution in [0, 0.1) is 0 Å². The molecule has 0 aliphatic carbocycles. The molecule has 0 aliphatic heterocycles. The Balaban J connectivity index is 2.62. The first-order chi connectivity index (χ1) is 8.13. The van der Waals surface area contributed by atoms with Crippen molar-refractivity contribution in [2.45, 2.75) is 12.8 Å². The fraction of sp³-hybridized carbons (Fsp3) is 0.214. The van der Waals surface area contributed by atoms with E-state index in [2.05, 4.69) is 0 Å². The molecule has 0 aliphatic rings. The third kappa shape index (κ3) is 2.09. The standard InChI is InChI=1S/C14H14O3/c1-9(14(15)16)12-5-3-4-10-8-11(17-2)6-7-13(10)12/h3-9H,1-2H3,(H,15,16)/t9-/m0/s1. The van der Waals surface area contributed by atoms with E-state index in [1.807, 2.05) is 36.4 Å². The minimum Gasteiger partial charge on any atom is -0.497 e. The van der Waals surface area contributed by atoms with Gasteiger partial charge in [-0.2, -0.15) is 0 Å². The Bertz CT molecular complexity index is 560. The van der Waals surface area contributed by atoms with Gasteiger partial charge in [0, 0.05) is 0 Å². The van der Waals surface area contributed by atoms with Crippen molar-refractivity contribution in [3.05, 3.63) is 42.0 Å². The monoisotopic (exact) mass is 230 g/mol. The van der Waals surface area contributed by atoms with Gasteiger partial charge in [-0.25, -0.2) is 0 Å². The average Bonchev–Trinajstić information content (AvgIpc) is 2.36. The molecule has 0 radical (unpaired) electrons. The van der Waals surface area contributed by atoms with Crippen LogP contribution >= 0.6 is 0 Å². The lowest BCUT2D eigenvalue weighted by Gasteiger charge is -2.11. The maximum absolute atomic E-state index is 11.0. The number of benzene rings is 2. The summed E-state index contributed by atoms with van der Waals surface area (Å²) >= 11 is 0. The topological polar surface area (TPSA) is 46.5 Å². The molecule has 3 nitrogen and oxygen atoms in total. The number of fused-ring (bicyclic) bond motifs is 1. The Hall–Kier alpha value is -2.03. The molecule has 2 aromatic rings. The molecule has 0 unspecified atom stereocenters. The van der Waals surface area contributed by atoms with Crippen molar-refractivity contribution in [3.8, 4) is 5.75 Å². The summed E-state index contributed by atoms with van der Waals surface area (Å²) < 4.78 is 5.15. The van der Waals surface area contributed by atoms with Gasteiger partial charge in [0.05, 0.1) is 13.0 Å². The number of hydrogen-bond donors (Lipinski definition) is 1. The summed E-state index contributed by atoms with van der Waals surface area (Å²) in [6, 6.07) is 11.3. The first-order valence-corrected chi connectivity index (χ1v) is 5.43. The SMILES string of the molecule is COc1ccc2c([C@H](C)C(=O)O)cccc2c1. The zero-order chi connectivity index (χ0) is 12.4. The zero-order valence-corrected chi connectivity index (χ0v) is 9.81. The number of carboxylic acid groups (broad SMARTS) is 1. The summed E-state index contributed by atoms with van der Waals surface area (Å²) in [5.74, 6) is -0.543. The van der Waals surface area contributed by atoms with Crippen LogP contribution in [0.2, 0.25) is 0 Å². The predicted molar refractivity (Wildman–Crippen MR) is 66.6 cm³/mol. The second-order valence-corrected chi connectivity index (χ2v) is 3.99. The lowest BCUT2D eigenvalue weighted by Crippen LogP contribution is -2.07. The van der Waals surface area contributed by atoms with Crippen LogP contribution < -0.4 is 4.74 Å². The minimum absolute atomic E-state index is 0.507. The van der Waals surface area contributed by atoms with E-state index < -0.39 is 11.9 Å². The Morgan fingerprint density at radius 1 is 1.29 bits per heavy atom. The van der Waals surface area contributed by atoms with Gasteiger partial charge in [-0.15, -0.1) is 0 Å². The highest BCUT2D eigenvalue weighted by molar-refractivity contribution is 5.91. The smallest absolute Gasteiger partial charge is 0.310 e. The van der Waals surface area contributed by atoms with E-state index in [1.54, 1.807) is 14.0 Å². The molecule has 3 heteroatoms. The minimum atomic E-state index is -0.812. The second kappa shape index (κ2) is 4.45. The van der Waals surface area contributed by atoms with Crippen LogP contribution in [-0.2, 0) is 4.79 Å². The molecule has 0 saturated carbocycles. The van der Waals surface area contributed by atoms with Crippen molar-refractivity contribution in [1.29, 1.82) is 0 Å².